The summed E-state index contributed by atoms with van der Waals surface area (Å²) in [6, 6.07) is 7.79. The van der Waals surface area contributed by atoms with E-state index in [1.807, 2.05) is 17.7 Å². The van der Waals surface area contributed by atoms with E-state index in [0.29, 0.717) is 35.7 Å². The van der Waals surface area contributed by atoms with Crippen molar-refractivity contribution in [2.24, 2.45) is 0 Å². The molecule has 1 aromatic carbocycles. The highest BCUT2D eigenvalue weighted by Gasteiger charge is 2.34. The van der Waals surface area contributed by atoms with Crippen molar-refractivity contribution in [3.05, 3.63) is 75.6 Å². The number of nitrogens with zero attached hydrogens (tertiary/aromatic N) is 5. The average Bonchev–Trinajstić information content (AvgIpc) is 3.36. The molecule has 0 spiro atoms. The van der Waals surface area contributed by atoms with Gasteiger partial charge >= 0.3 is 6.18 Å². The lowest BCUT2D eigenvalue weighted by Gasteiger charge is -2.24. The van der Waals surface area contributed by atoms with Crippen LogP contribution in [0.4, 0.5) is 13.2 Å². The van der Waals surface area contributed by atoms with E-state index in [9.17, 15) is 13.2 Å². The average molecular weight is 421 g/mol. The van der Waals surface area contributed by atoms with Crippen LogP contribution in [0.2, 0.25) is 0 Å². The molecule has 1 aliphatic heterocycles. The third kappa shape index (κ3) is 3.40. The van der Waals surface area contributed by atoms with E-state index >= 15 is 0 Å². The van der Waals surface area contributed by atoms with Crippen molar-refractivity contribution in [3.63, 3.8) is 0 Å². The molecule has 0 bridgehead atoms. The number of pyridine rings is 1. The van der Waals surface area contributed by atoms with Gasteiger partial charge < -0.3 is 0 Å². The number of aryl methyl sites for hydroxylation is 2. The Balaban J connectivity index is 1.52. The number of hydrogen-bond acceptors (Lipinski definition) is 4. The van der Waals surface area contributed by atoms with Crippen LogP contribution >= 0.6 is 0 Å². The molecule has 0 saturated heterocycles. The van der Waals surface area contributed by atoms with Crippen molar-refractivity contribution in [3.8, 4) is 6.07 Å². The van der Waals surface area contributed by atoms with Gasteiger partial charge in [-0.05, 0) is 60.7 Å². The van der Waals surface area contributed by atoms with E-state index in [1.54, 1.807) is 12.3 Å². The first-order valence-corrected chi connectivity index (χ1v) is 10.1. The maximum atomic E-state index is 13.3. The van der Waals surface area contributed by atoms with E-state index in [1.165, 1.54) is 12.1 Å². The summed E-state index contributed by atoms with van der Waals surface area (Å²) in [6.07, 6.45) is 1.22. The maximum absolute atomic E-state index is 13.3. The molecule has 0 radical (unpaired) electrons. The van der Waals surface area contributed by atoms with Crippen LogP contribution in [0.25, 0.3) is 11.6 Å². The number of benzene rings is 1. The molecule has 1 unspecified atom stereocenters. The Bertz CT molecular complexity index is 1260. The number of alkyl halides is 3. The first kappa shape index (κ1) is 19.5. The van der Waals surface area contributed by atoms with Gasteiger partial charge in [-0.3, -0.25) is 4.98 Å². The number of aromatic nitrogens is 4. The summed E-state index contributed by atoms with van der Waals surface area (Å²) in [5.74, 6) is 1.04. The summed E-state index contributed by atoms with van der Waals surface area (Å²) >= 11 is 0. The second kappa shape index (κ2) is 7.05. The molecule has 5 nitrogen and oxygen atoms in total. The highest BCUT2D eigenvalue weighted by Crippen LogP contribution is 2.39. The Morgan fingerprint density at radius 1 is 1.23 bits per heavy atom. The predicted molar refractivity (Wildman–Crippen MR) is 108 cm³/mol. The first-order valence-electron chi connectivity index (χ1n) is 10.1. The van der Waals surface area contributed by atoms with Gasteiger partial charge in [-0.25, -0.2) is 9.67 Å². The summed E-state index contributed by atoms with van der Waals surface area (Å²) in [4.78, 5) is 9.11. The lowest BCUT2D eigenvalue weighted by Crippen LogP contribution is -2.19. The number of hydrogen-bond donors (Lipinski definition) is 0. The van der Waals surface area contributed by atoms with Gasteiger partial charge in [0.1, 0.15) is 11.9 Å². The molecule has 2 aliphatic rings. The van der Waals surface area contributed by atoms with Crippen molar-refractivity contribution in [2.45, 2.75) is 44.8 Å². The minimum absolute atomic E-state index is 0.231. The summed E-state index contributed by atoms with van der Waals surface area (Å²) in [7, 11) is 0. The highest BCUT2D eigenvalue weighted by atomic mass is 19.4. The molecule has 1 atom stereocenters. The Labute approximate surface area is 176 Å². The van der Waals surface area contributed by atoms with Crippen LogP contribution in [0.15, 0.2) is 30.5 Å². The fourth-order valence-corrected chi connectivity index (χ4v) is 4.38. The quantitative estimate of drug-likeness (QED) is 0.591. The number of allylic oxidation sites excluding steroid dienone is 1. The third-order valence-corrected chi connectivity index (χ3v) is 5.96. The molecule has 3 aromatic rings. The fraction of sp³-hybridized carbons (Fsp3) is 0.304. The van der Waals surface area contributed by atoms with Gasteiger partial charge in [0.2, 0.25) is 0 Å². The van der Waals surface area contributed by atoms with Gasteiger partial charge in [0.05, 0.1) is 16.8 Å². The van der Waals surface area contributed by atoms with Gasteiger partial charge in [0.15, 0.2) is 5.82 Å². The molecule has 1 aliphatic carbocycles. The van der Waals surface area contributed by atoms with E-state index < -0.39 is 11.7 Å². The molecule has 31 heavy (non-hydrogen) atoms. The minimum Gasteiger partial charge on any atom is -0.259 e. The lowest BCUT2D eigenvalue weighted by molar-refractivity contribution is -0.137. The van der Waals surface area contributed by atoms with Crippen LogP contribution in [0.5, 0.6) is 0 Å². The number of fused-ring (bicyclic) bond motifs is 2. The molecule has 2 aromatic heterocycles. The van der Waals surface area contributed by atoms with Crippen molar-refractivity contribution >= 4 is 11.6 Å². The predicted octanol–water partition coefficient (Wildman–Crippen LogP) is 4.89. The molecule has 156 valence electrons. The zero-order valence-electron chi connectivity index (χ0n) is 16.7. The molecule has 5 rings (SSSR count). The van der Waals surface area contributed by atoms with Crippen molar-refractivity contribution in [1.29, 1.82) is 5.26 Å². The fourth-order valence-electron chi connectivity index (χ4n) is 4.38. The van der Waals surface area contributed by atoms with E-state index in [-0.39, 0.29) is 5.92 Å². The monoisotopic (exact) mass is 421 g/mol. The number of nitriles is 1. The van der Waals surface area contributed by atoms with E-state index in [4.69, 9.17) is 10.2 Å². The van der Waals surface area contributed by atoms with Crippen LogP contribution in [0, 0.1) is 18.3 Å². The van der Waals surface area contributed by atoms with Crippen LogP contribution in [-0.4, -0.2) is 19.7 Å². The van der Waals surface area contributed by atoms with Crippen LogP contribution in [-0.2, 0) is 19.1 Å². The standard InChI is InChI=1S/C23H18F3N5/c1-13-4-5-17(23(24,25)26)10-19(13)18-3-2-6-31-22(18)29-21(30-31)16-8-15-7-14(11-27)12-28-20(15)9-16/h4-5,7-8,10,12,18H,2-3,6,9H2,1H3. The van der Waals surface area contributed by atoms with Crippen molar-refractivity contribution in [2.75, 3.05) is 0 Å². The SMILES string of the molecule is Cc1ccc(C(F)(F)F)cc1C1CCCn2nc(C3=Cc4cc(C#N)cnc4C3)nc21. The zero-order valence-corrected chi connectivity index (χ0v) is 16.7. The maximum Gasteiger partial charge on any atom is 0.416 e. The third-order valence-electron chi connectivity index (χ3n) is 5.96. The van der Waals surface area contributed by atoms with E-state index in [0.717, 1.165) is 41.3 Å². The number of halogens is 3. The van der Waals surface area contributed by atoms with Gasteiger partial charge in [-0.2, -0.15) is 23.5 Å². The summed E-state index contributed by atoms with van der Waals surface area (Å²) < 4.78 is 41.7. The Morgan fingerprint density at radius 3 is 2.84 bits per heavy atom. The topological polar surface area (TPSA) is 67.4 Å². The normalized spacial score (nSPS) is 17.6. The Hall–Kier alpha value is -3.47. The second-order valence-electron chi connectivity index (χ2n) is 8.00. The van der Waals surface area contributed by atoms with Crippen molar-refractivity contribution in [1.82, 2.24) is 19.7 Å². The summed E-state index contributed by atoms with van der Waals surface area (Å²) in [5, 5.41) is 13.7. The molecule has 0 fully saturated rings. The van der Waals surface area contributed by atoms with Crippen LogP contribution in [0.1, 0.15) is 63.9 Å². The first-order chi connectivity index (χ1) is 14.8. The van der Waals surface area contributed by atoms with Crippen molar-refractivity contribution < 1.29 is 13.2 Å². The minimum atomic E-state index is -4.38. The van der Waals surface area contributed by atoms with Gasteiger partial charge in [0, 0.05) is 30.7 Å². The molecular weight excluding hydrogens is 403 g/mol. The molecule has 0 N–H and O–H groups in total. The highest BCUT2D eigenvalue weighted by molar-refractivity contribution is 5.85. The van der Waals surface area contributed by atoms with Gasteiger partial charge in [0.25, 0.3) is 0 Å². The largest absolute Gasteiger partial charge is 0.416 e. The summed E-state index contributed by atoms with van der Waals surface area (Å²) in [6.45, 7) is 2.52. The second-order valence-corrected chi connectivity index (χ2v) is 8.00. The lowest BCUT2D eigenvalue weighted by atomic mass is 9.87. The molecule has 0 amide bonds. The Kier molecular flexibility index (Phi) is 4.43. The Morgan fingerprint density at radius 2 is 2.06 bits per heavy atom. The zero-order chi connectivity index (χ0) is 21.8. The smallest absolute Gasteiger partial charge is 0.259 e. The molecule has 0 saturated carbocycles. The molecular formula is C23H18F3N5. The number of rotatable bonds is 2. The van der Waals surface area contributed by atoms with E-state index in [2.05, 4.69) is 16.2 Å². The van der Waals surface area contributed by atoms with Gasteiger partial charge in [-0.1, -0.05) is 6.07 Å². The molecule has 8 heteroatoms. The van der Waals surface area contributed by atoms with Gasteiger partial charge in [-0.15, -0.1) is 0 Å². The van der Waals surface area contributed by atoms with Crippen LogP contribution < -0.4 is 0 Å². The molecule has 3 heterocycles. The summed E-state index contributed by atoms with van der Waals surface area (Å²) in [5.41, 5.74) is 3.97. The van der Waals surface area contributed by atoms with Crippen LogP contribution in [0.3, 0.4) is 0 Å².